The Morgan fingerprint density at radius 1 is 0.828 bits per heavy atom. The third-order valence-corrected chi connectivity index (χ3v) is 5.85. The molecule has 0 bridgehead atoms. The van der Waals surface area contributed by atoms with Crippen molar-refractivity contribution in [3.8, 4) is 0 Å². The smallest absolute Gasteiger partial charge is 0.325 e. The maximum absolute atomic E-state index is 12.7. The summed E-state index contributed by atoms with van der Waals surface area (Å²) in [5.74, 6) is -0.0120. The monoisotopic (exact) mass is 432 g/mol. The number of hydrogen-bond donors (Lipinski definition) is 0. The summed E-state index contributed by atoms with van der Waals surface area (Å²) < 4.78 is 0. The topological polar surface area (TPSA) is 47.1 Å². The molecule has 0 atom stereocenters. The Balaban J connectivity index is 1.31. The third kappa shape index (κ3) is 4.43. The second kappa shape index (κ2) is 8.51. The number of amides is 3. The van der Waals surface area contributed by atoms with Crippen LogP contribution in [0.15, 0.2) is 48.5 Å². The van der Waals surface area contributed by atoms with Gasteiger partial charge in [-0.1, -0.05) is 29.3 Å². The number of anilines is 2. The Kier molecular flexibility index (Phi) is 5.83. The van der Waals surface area contributed by atoms with Gasteiger partial charge < -0.3 is 14.7 Å². The zero-order chi connectivity index (χ0) is 20.4. The van der Waals surface area contributed by atoms with Gasteiger partial charge in [0.2, 0.25) is 5.91 Å². The molecule has 2 fully saturated rings. The lowest BCUT2D eigenvalue weighted by Gasteiger charge is -2.36. The van der Waals surface area contributed by atoms with Crippen LogP contribution >= 0.6 is 23.2 Å². The zero-order valence-corrected chi connectivity index (χ0v) is 17.4. The van der Waals surface area contributed by atoms with Crippen LogP contribution in [0, 0.1) is 0 Å². The fourth-order valence-corrected chi connectivity index (χ4v) is 4.05. The van der Waals surface area contributed by atoms with Crippen molar-refractivity contribution in [3.05, 3.63) is 58.6 Å². The van der Waals surface area contributed by atoms with E-state index in [1.165, 1.54) is 0 Å². The molecule has 4 rings (SSSR count). The van der Waals surface area contributed by atoms with Gasteiger partial charge in [-0.15, -0.1) is 0 Å². The summed E-state index contributed by atoms with van der Waals surface area (Å²) in [4.78, 5) is 32.8. The molecule has 2 heterocycles. The van der Waals surface area contributed by atoms with Gasteiger partial charge in [-0.25, -0.2) is 4.79 Å². The van der Waals surface area contributed by atoms with E-state index in [1.807, 2.05) is 41.3 Å². The maximum Gasteiger partial charge on any atom is 0.325 e. The van der Waals surface area contributed by atoms with Crippen LogP contribution in [0.3, 0.4) is 0 Å². The SMILES string of the molecule is O=C(CN1CCN(c2ccc(Cl)cc2)C1=O)N1CCN(c2cccc(Cl)c2)CC1. The molecule has 0 aromatic heterocycles. The summed E-state index contributed by atoms with van der Waals surface area (Å²) in [5, 5.41) is 1.34. The average molecular weight is 433 g/mol. The summed E-state index contributed by atoms with van der Waals surface area (Å²) in [6.07, 6.45) is 0. The van der Waals surface area contributed by atoms with Crippen molar-refractivity contribution in [2.24, 2.45) is 0 Å². The van der Waals surface area contributed by atoms with E-state index in [4.69, 9.17) is 23.2 Å². The second-order valence-electron chi connectivity index (χ2n) is 7.18. The van der Waals surface area contributed by atoms with Crippen LogP contribution in [-0.2, 0) is 4.79 Å². The van der Waals surface area contributed by atoms with Gasteiger partial charge in [-0.3, -0.25) is 9.69 Å². The number of benzene rings is 2. The van der Waals surface area contributed by atoms with E-state index in [0.717, 1.165) is 24.5 Å². The van der Waals surface area contributed by atoms with E-state index in [1.54, 1.807) is 21.9 Å². The van der Waals surface area contributed by atoms with Crippen LogP contribution in [0.2, 0.25) is 10.0 Å². The summed E-state index contributed by atoms with van der Waals surface area (Å²) in [6.45, 7) is 3.97. The highest BCUT2D eigenvalue weighted by Gasteiger charge is 2.32. The van der Waals surface area contributed by atoms with Crippen LogP contribution < -0.4 is 9.80 Å². The molecular formula is C21H22Cl2N4O2. The quantitative estimate of drug-likeness (QED) is 0.741. The van der Waals surface area contributed by atoms with E-state index < -0.39 is 0 Å². The minimum absolute atomic E-state index is 0.0120. The van der Waals surface area contributed by atoms with Gasteiger partial charge in [-0.2, -0.15) is 0 Å². The molecule has 0 saturated carbocycles. The lowest BCUT2D eigenvalue weighted by molar-refractivity contribution is -0.131. The van der Waals surface area contributed by atoms with Crippen LogP contribution in [0.5, 0.6) is 0 Å². The molecule has 0 unspecified atom stereocenters. The van der Waals surface area contributed by atoms with Crippen molar-refractivity contribution in [1.29, 1.82) is 0 Å². The number of hydrogen-bond acceptors (Lipinski definition) is 3. The molecule has 0 N–H and O–H groups in total. The average Bonchev–Trinajstić information content (AvgIpc) is 3.09. The van der Waals surface area contributed by atoms with Gasteiger partial charge in [0.05, 0.1) is 0 Å². The lowest BCUT2D eigenvalue weighted by Crippen LogP contribution is -2.51. The lowest BCUT2D eigenvalue weighted by atomic mass is 10.2. The fourth-order valence-electron chi connectivity index (χ4n) is 3.74. The van der Waals surface area contributed by atoms with E-state index in [9.17, 15) is 9.59 Å². The first kappa shape index (κ1) is 19.9. The van der Waals surface area contributed by atoms with Crippen LogP contribution in [0.4, 0.5) is 16.2 Å². The predicted octanol–water partition coefficient (Wildman–Crippen LogP) is 3.58. The molecule has 2 aromatic carbocycles. The molecule has 2 aliphatic heterocycles. The summed E-state index contributed by atoms with van der Waals surface area (Å²) in [7, 11) is 0. The first-order valence-corrected chi connectivity index (χ1v) is 10.4. The van der Waals surface area contributed by atoms with Gasteiger partial charge in [0, 0.05) is 60.7 Å². The minimum Gasteiger partial charge on any atom is -0.368 e. The molecule has 6 nitrogen and oxygen atoms in total. The largest absolute Gasteiger partial charge is 0.368 e. The van der Waals surface area contributed by atoms with E-state index in [2.05, 4.69) is 4.90 Å². The molecule has 2 aromatic rings. The molecule has 8 heteroatoms. The summed E-state index contributed by atoms with van der Waals surface area (Å²) in [6, 6.07) is 14.8. The minimum atomic E-state index is -0.141. The number of piperazine rings is 1. The molecule has 2 aliphatic rings. The van der Waals surface area contributed by atoms with Crippen LogP contribution in [0.25, 0.3) is 0 Å². The second-order valence-corrected chi connectivity index (χ2v) is 8.05. The third-order valence-electron chi connectivity index (χ3n) is 5.37. The van der Waals surface area contributed by atoms with Crippen molar-refractivity contribution >= 4 is 46.5 Å². The van der Waals surface area contributed by atoms with Gasteiger partial charge in [0.15, 0.2) is 0 Å². The van der Waals surface area contributed by atoms with E-state index >= 15 is 0 Å². The molecule has 29 heavy (non-hydrogen) atoms. The number of carbonyl (C=O) groups excluding carboxylic acids is 2. The molecule has 3 amide bonds. The highest BCUT2D eigenvalue weighted by atomic mass is 35.5. The molecule has 2 saturated heterocycles. The number of rotatable bonds is 4. The first-order valence-electron chi connectivity index (χ1n) is 9.61. The Hall–Kier alpha value is -2.44. The Bertz CT molecular complexity index is 898. The predicted molar refractivity (Wildman–Crippen MR) is 116 cm³/mol. The molecular weight excluding hydrogens is 411 g/mol. The normalized spacial score (nSPS) is 17.2. The molecule has 0 aliphatic carbocycles. The summed E-state index contributed by atoms with van der Waals surface area (Å²) in [5.41, 5.74) is 1.86. The Labute approximate surface area is 180 Å². The van der Waals surface area contributed by atoms with Crippen molar-refractivity contribution in [1.82, 2.24) is 9.80 Å². The van der Waals surface area contributed by atoms with E-state index in [-0.39, 0.29) is 18.5 Å². The zero-order valence-electron chi connectivity index (χ0n) is 15.9. The summed E-state index contributed by atoms with van der Waals surface area (Å²) >= 11 is 12.0. The van der Waals surface area contributed by atoms with Crippen molar-refractivity contribution in [2.45, 2.75) is 0 Å². The number of nitrogens with zero attached hydrogens (tertiary/aromatic N) is 4. The highest BCUT2D eigenvalue weighted by Crippen LogP contribution is 2.23. The van der Waals surface area contributed by atoms with Crippen LogP contribution in [0.1, 0.15) is 0 Å². The van der Waals surface area contributed by atoms with Gasteiger partial charge in [0.25, 0.3) is 0 Å². The van der Waals surface area contributed by atoms with Gasteiger partial charge in [-0.05, 0) is 42.5 Å². The first-order chi connectivity index (χ1) is 14.0. The Morgan fingerprint density at radius 2 is 1.55 bits per heavy atom. The molecule has 0 radical (unpaired) electrons. The van der Waals surface area contributed by atoms with Crippen molar-refractivity contribution in [2.75, 3.05) is 55.6 Å². The number of halogens is 2. The van der Waals surface area contributed by atoms with Crippen molar-refractivity contribution in [3.63, 3.8) is 0 Å². The number of carbonyl (C=O) groups is 2. The Morgan fingerprint density at radius 3 is 2.24 bits per heavy atom. The maximum atomic E-state index is 12.7. The molecule has 0 spiro atoms. The molecule has 152 valence electrons. The fraction of sp³-hybridized carbons (Fsp3) is 0.333. The van der Waals surface area contributed by atoms with Crippen molar-refractivity contribution < 1.29 is 9.59 Å². The highest BCUT2D eigenvalue weighted by molar-refractivity contribution is 6.31. The van der Waals surface area contributed by atoms with Gasteiger partial charge in [0.1, 0.15) is 6.54 Å². The van der Waals surface area contributed by atoms with E-state index in [0.29, 0.717) is 36.2 Å². The number of urea groups is 1. The van der Waals surface area contributed by atoms with Crippen LogP contribution in [-0.4, -0.2) is 67.6 Å². The standard InChI is InChI=1S/C21H22Cl2N4O2/c22-16-4-6-18(7-5-16)27-13-12-26(21(27)29)15-20(28)25-10-8-24(9-11-25)19-3-1-2-17(23)14-19/h1-7,14H,8-13,15H2. The van der Waals surface area contributed by atoms with Gasteiger partial charge >= 0.3 is 6.03 Å².